The van der Waals surface area contributed by atoms with Crippen molar-refractivity contribution in [2.75, 3.05) is 25.5 Å². The first-order valence-corrected chi connectivity index (χ1v) is 13.5. The second-order valence-electron chi connectivity index (χ2n) is 9.59. The number of nitrogens with zero attached hydrogens (tertiary/aromatic N) is 5. The van der Waals surface area contributed by atoms with Crippen LogP contribution < -0.4 is 10.1 Å². The Bertz CT molecular complexity index is 1410. The lowest BCUT2D eigenvalue weighted by molar-refractivity contribution is 0.398. The Kier molecular flexibility index (Phi) is 7.46. The first-order valence-electron chi connectivity index (χ1n) is 12.4. The summed E-state index contributed by atoms with van der Waals surface area (Å²) in [4.78, 5) is 5.71. The van der Waals surface area contributed by atoms with Gasteiger partial charge in [-0.3, -0.25) is 0 Å². The number of benzene rings is 2. The van der Waals surface area contributed by atoms with E-state index in [0.29, 0.717) is 24.0 Å². The van der Waals surface area contributed by atoms with E-state index >= 15 is 0 Å². The molecule has 196 valence electrons. The molecule has 2 aromatic heterocycles. The van der Waals surface area contributed by atoms with Crippen LogP contribution in [0.1, 0.15) is 28.7 Å². The molecule has 1 aliphatic heterocycles. The Morgan fingerprint density at radius 1 is 1.18 bits per heavy atom. The van der Waals surface area contributed by atoms with Crippen molar-refractivity contribution < 1.29 is 9.29 Å². The molecule has 10 heteroatoms. The maximum Gasteiger partial charge on any atom is 0.304 e. The summed E-state index contributed by atoms with van der Waals surface area (Å²) in [5.74, 6) is 0.543. The number of aryl methyl sites for hydroxylation is 2. The van der Waals surface area contributed by atoms with E-state index in [-0.39, 0.29) is 5.41 Å². The molecular formula is C28H31N7O2S. The van der Waals surface area contributed by atoms with Crippen molar-refractivity contribution in [1.82, 2.24) is 24.3 Å². The molecule has 0 radical (unpaired) electrons. The van der Waals surface area contributed by atoms with Crippen molar-refractivity contribution in [2.24, 2.45) is 7.05 Å². The quantitative estimate of drug-likeness (QED) is 0.247. The van der Waals surface area contributed by atoms with E-state index < -0.39 is 11.4 Å². The highest BCUT2D eigenvalue weighted by Gasteiger charge is 2.46. The maximum atomic E-state index is 13.4. The van der Waals surface area contributed by atoms with Gasteiger partial charge in [0.25, 0.3) is 0 Å². The van der Waals surface area contributed by atoms with E-state index in [0.717, 1.165) is 40.9 Å². The highest BCUT2D eigenvalue weighted by atomic mass is 32.2. The molecule has 38 heavy (non-hydrogen) atoms. The Labute approximate surface area is 225 Å². The second kappa shape index (κ2) is 10.9. The lowest BCUT2D eigenvalue weighted by atomic mass is 9.72. The average molecular weight is 530 g/mol. The smallest absolute Gasteiger partial charge is 0.304 e. The van der Waals surface area contributed by atoms with Gasteiger partial charge in [0, 0.05) is 42.5 Å². The van der Waals surface area contributed by atoms with E-state index in [1.807, 2.05) is 16.4 Å². The van der Waals surface area contributed by atoms with Crippen LogP contribution in [0, 0.1) is 12.3 Å². The van der Waals surface area contributed by atoms with E-state index in [2.05, 4.69) is 63.8 Å². The van der Waals surface area contributed by atoms with Gasteiger partial charge in [0.15, 0.2) is 0 Å². The molecule has 0 amide bonds. The lowest BCUT2D eigenvalue weighted by Crippen LogP contribution is -2.37. The lowest BCUT2D eigenvalue weighted by Gasteiger charge is -2.32. The molecule has 2 atom stereocenters. The van der Waals surface area contributed by atoms with Gasteiger partial charge in [0.1, 0.15) is 17.6 Å². The number of ether oxygens (including phenoxy) is 1. The number of pyridine rings is 1. The Morgan fingerprint density at radius 3 is 2.66 bits per heavy atom. The van der Waals surface area contributed by atoms with Crippen molar-refractivity contribution in [3.8, 4) is 5.88 Å². The van der Waals surface area contributed by atoms with Gasteiger partial charge in [-0.1, -0.05) is 30.3 Å². The molecule has 2 unspecified atom stereocenters. The number of hydrogen-bond acceptors (Lipinski definition) is 8. The van der Waals surface area contributed by atoms with Gasteiger partial charge in [0.05, 0.1) is 25.5 Å². The molecule has 3 heterocycles. The molecule has 2 N–H and O–H groups in total. The normalized spacial score (nSPS) is 18.3. The van der Waals surface area contributed by atoms with Crippen LogP contribution in [-0.4, -0.2) is 55.2 Å². The second-order valence-corrected chi connectivity index (χ2v) is 11.0. The zero-order chi connectivity index (χ0) is 26.7. The van der Waals surface area contributed by atoms with Crippen LogP contribution in [-0.2, 0) is 30.2 Å². The minimum absolute atomic E-state index is 0.277. The molecule has 0 spiro atoms. The van der Waals surface area contributed by atoms with Crippen LogP contribution in [0.3, 0.4) is 0 Å². The minimum atomic E-state index is -1.40. The number of methoxy groups -OCH3 is 1. The molecule has 2 aromatic carbocycles. The van der Waals surface area contributed by atoms with Crippen LogP contribution in [0.25, 0.3) is 0 Å². The number of aromatic nitrogens is 4. The summed E-state index contributed by atoms with van der Waals surface area (Å²) in [6, 6.07) is 18.3. The van der Waals surface area contributed by atoms with Crippen molar-refractivity contribution in [2.45, 2.75) is 30.2 Å². The molecule has 1 aliphatic rings. The summed E-state index contributed by atoms with van der Waals surface area (Å²) in [5.41, 5.74) is 5.65. The first-order chi connectivity index (χ1) is 18.4. The predicted molar refractivity (Wildman–Crippen MR) is 149 cm³/mol. The third-order valence-electron chi connectivity index (χ3n) is 7.04. The fraction of sp³-hybridized carbons (Fsp3) is 0.286. The summed E-state index contributed by atoms with van der Waals surface area (Å²) < 4.78 is 20.6. The molecule has 0 aliphatic carbocycles. The largest absolute Gasteiger partial charge is 0.591 e. The average Bonchev–Trinajstić information content (AvgIpc) is 3.56. The molecule has 1 fully saturated rings. The Balaban J connectivity index is 1.50. The van der Waals surface area contributed by atoms with Crippen molar-refractivity contribution in [3.05, 3.63) is 89.2 Å². The van der Waals surface area contributed by atoms with Gasteiger partial charge in [-0.15, -0.1) is 9.40 Å². The first kappa shape index (κ1) is 25.9. The number of nitrogens with one attached hydrogen (secondary N) is 2. The van der Waals surface area contributed by atoms with E-state index in [9.17, 15) is 4.55 Å². The zero-order valence-electron chi connectivity index (χ0n) is 21.7. The molecule has 1 saturated heterocycles. The van der Waals surface area contributed by atoms with E-state index in [1.165, 1.54) is 16.6 Å². The molecule has 9 nitrogen and oxygen atoms in total. The van der Waals surface area contributed by atoms with Crippen molar-refractivity contribution in [1.29, 1.82) is 5.41 Å². The van der Waals surface area contributed by atoms with Crippen LogP contribution in [0.5, 0.6) is 5.88 Å². The minimum Gasteiger partial charge on any atom is -0.591 e. The predicted octanol–water partition coefficient (Wildman–Crippen LogP) is 4.18. The van der Waals surface area contributed by atoms with Gasteiger partial charge >= 0.3 is 5.03 Å². The van der Waals surface area contributed by atoms with Gasteiger partial charge < -0.3 is 20.0 Å². The Morgan fingerprint density at radius 2 is 2.00 bits per heavy atom. The fourth-order valence-electron chi connectivity index (χ4n) is 5.22. The highest BCUT2D eigenvalue weighted by molar-refractivity contribution is 7.89. The molecular weight excluding hydrogens is 498 g/mol. The summed E-state index contributed by atoms with van der Waals surface area (Å²) >= 11 is -1.40. The molecule has 0 bridgehead atoms. The van der Waals surface area contributed by atoms with Gasteiger partial charge in [0.2, 0.25) is 5.88 Å². The van der Waals surface area contributed by atoms with Crippen LogP contribution in [0.15, 0.2) is 72.0 Å². The van der Waals surface area contributed by atoms with Crippen molar-refractivity contribution in [3.63, 3.8) is 0 Å². The Hall–Kier alpha value is -3.73. The summed E-state index contributed by atoms with van der Waals surface area (Å²) in [5, 5.41) is 20.4. The molecule has 0 saturated carbocycles. The van der Waals surface area contributed by atoms with Gasteiger partial charge in [-0.2, -0.15) is 9.90 Å². The fourth-order valence-corrected chi connectivity index (χ4v) is 6.43. The van der Waals surface area contributed by atoms with Crippen LogP contribution in [0.4, 0.5) is 11.4 Å². The highest BCUT2D eigenvalue weighted by Crippen LogP contribution is 2.42. The zero-order valence-corrected chi connectivity index (χ0v) is 22.5. The van der Waals surface area contributed by atoms with Gasteiger partial charge in [-0.25, -0.2) is 4.98 Å². The van der Waals surface area contributed by atoms with Gasteiger partial charge in [-0.05, 0) is 54.7 Å². The molecule has 5 rings (SSSR count). The number of rotatable bonds is 9. The topological polar surface area (TPSA) is 115 Å². The standard InChI is InChI=1S/C28H31N7O2S/c1-20-13-25(32-23-9-10-26(37-3)30-17-23)22(16-29)14-24(20)28(15-21-7-5-4-6-8-21)11-12-35(19-28)38(36)27-18-31-34(2)33-27/h4-10,13-14,16-18,29,32H,11-12,15,19H2,1-3H3. The van der Waals surface area contributed by atoms with E-state index in [1.54, 1.807) is 32.6 Å². The van der Waals surface area contributed by atoms with Crippen molar-refractivity contribution >= 4 is 29.0 Å². The summed E-state index contributed by atoms with van der Waals surface area (Å²) in [6.07, 6.45) is 6.29. The number of anilines is 2. The van der Waals surface area contributed by atoms with E-state index in [4.69, 9.17) is 10.1 Å². The third kappa shape index (κ3) is 5.28. The SMILES string of the molecule is COc1ccc(Nc2cc(C)c(C3(Cc4ccccc4)CCN([S+]([O-])c4cnn(C)n4)C3)cc2C=N)cn1. The number of hydrogen-bond donors (Lipinski definition) is 2. The maximum absolute atomic E-state index is 13.4. The summed E-state index contributed by atoms with van der Waals surface area (Å²) in [7, 11) is 3.31. The third-order valence-corrected chi connectivity index (χ3v) is 8.37. The summed E-state index contributed by atoms with van der Waals surface area (Å²) in [6.45, 7) is 3.39. The molecule has 4 aromatic rings. The van der Waals surface area contributed by atoms with Crippen LogP contribution in [0.2, 0.25) is 0 Å². The monoisotopic (exact) mass is 529 g/mol. The van der Waals surface area contributed by atoms with Crippen LogP contribution >= 0.6 is 0 Å².